The summed E-state index contributed by atoms with van der Waals surface area (Å²) in [6.45, 7) is 1.02. The lowest BCUT2D eigenvalue weighted by atomic mass is 10.2. The van der Waals surface area contributed by atoms with Gasteiger partial charge in [0.05, 0.1) is 11.0 Å². The molecule has 6 heteroatoms. The summed E-state index contributed by atoms with van der Waals surface area (Å²) in [6, 6.07) is 4.91. The summed E-state index contributed by atoms with van der Waals surface area (Å²) >= 11 is 5.86. The van der Waals surface area contributed by atoms with Gasteiger partial charge in [0.25, 0.3) is 0 Å². The Morgan fingerprint density at radius 2 is 2.00 bits per heavy atom. The highest BCUT2D eigenvalue weighted by Crippen LogP contribution is 2.24. The first kappa shape index (κ1) is 13.6. The first-order chi connectivity index (χ1) is 8.49. The number of hydrogen-bond donors (Lipinski definition) is 1. The Balaban J connectivity index is 2.18. The SMILES string of the molecule is Nc1ccc(Cl)cc1CS(=O)(=O)C1CCOCC1. The van der Waals surface area contributed by atoms with E-state index in [-0.39, 0.29) is 11.0 Å². The quantitative estimate of drug-likeness (QED) is 0.864. The molecule has 4 nitrogen and oxygen atoms in total. The van der Waals surface area contributed by atoms with E-state index in [0.29, 0.717) is 42.3 Å². The second-order valence-corrected chi connectivity index (χ2v) is 7.18. The van der Waals surface area contributed by atoms with Crippen molar-refractivity contribution in [3.8, 4) is 0 Å². The van der Waals surface area contributed by atoms with Gasteiger partial charge in [-0.25, -0.2) is 8.42 Å². The van der Waals surface area contributed by atoms with E-state index in [9.17, 15) is 8.42 Å². The smallest absolute Gasteiger partial charge is 0.157 e. The molecule has 0 radical (unpaired) electrons. The van der Waals surface area contributed by atoms with Crippen molar-refractivity contribution in [3.63, 3.8) is 0 Å². The van der Waals surface area contributed by atoms with Crippen molar-refractivity contribution in [2.24, 2.45) is 0 Å². The minimum Gasteiger partial charge on any atom is -0.398 e. The van der Waals surface area contributed by atoms with E-state index in [0.717, 1.165) is 0 Å². The van der Waals surface area contributed by atoms with Crippen LogP contribution in [0.3, 0.4) is 0 Å². The van der Waals surface area contributed by atoms with Gasteiger partial charge in [0.2, 0.25) is 0 Å². The third-order valence-corrected chi connectivity index (χ3v) is 5.57. The van der Waals surface area contributed by atoms with E-state index in [1.807, 2.05) is 0 Å². The number of hydrogen-bond acceptors (Lipinski definition) is 4. The summed E-state index contributed by atoms with van der Waals surface area (Å²) in [5, 5.41) is 0.172. The van der Waals surface area contributed by atoms with Gasteiger partial charge in [-0.2, -0.15) is 0 Å². The van der Waals surface area contributed by atoms with Crippen molar-refractivity contribution in [1.29, 1.82) is 0 Å². The fraction of sp³-hybridized carbons (Fsp3) is 0.500. The third kappa shape index (κ3) is 3.16. The third-order valence-electron chi connectivity index (χ3n) is 3.14. The van der Waals surface area contributed by atoms with Gasteiger partial charge < -0.3 is 10.5 Å². The zero-order chi connectivity index (χ0) is 13.2. The fourth-order valence-corrected chi connectivity index (χ4v) is 4.09. The maximum atomic E-state index is 12.3. The van der Waals surface area contributed by atoms with Crippen LogP contribution in [0.25, 0.3) is 0 Å². The molecular weight excluding hydrogens is 274 g/mol. The number of ether oxygens (including phenoxy) is 1. The monoisotopic (exact) mass is 289 g/mol. The zero-order valence-corrected chi connectivity index (χ0v) is 11.5. The maximum absolute atomic E-state index is 12.3. The van der Waals surface area contributed by atoms with E-state index in [2.05, 4.69) is 0 Å². The number of nitrogens with two attached hydrogens (primary N) is 1. The Bertz CT molecular complexity index is 524. The predicted octanol–water partition coefficient (Wildman–Crippen LogP) is 2.02. The van der Waals surface area contributed by atoms with Crippen LogP contribution < -0.4 is 5.73 Å². The molecule has 0 spiro atoms. The molecule has 100 valence electrons. The van der Waals surface area contributed by atoms with Crippen molar-refractivity contribution in [2.45, 2.75) is 23.8 Å². The molecule has 2 N–H and O–H groups in total. The Morgan fingerprint density at radius 1 is 1.33 bits per heavy atom. The number of rotatable bonds is 3. The molecule has 1 aliphatic rings. The lowest BCUT2D eigenvalue weighted by Gasteiger charge is -2.22. The summed E-state index contributed by atoms with van der Waals surface area (Å²) in [6.07, 6.45) is 1.12. The standard InChI is InChI=1S/C12H16ClNO3S/c13-10-1-2-12(14)9(7-10)8-18(15,16)11-3-5-17-6-4-11/h1-2,7,11H,3-6,8,14H2. The van der Waals surface area contributed by atoms with Crippen molar-refractivity contribution in [3.05, 3.63) is 28.8 Å². The number of anilines is 1. The predicted molar refractivity (Wildman–Crippen MR) is 72.3 cm³/mol. The molecule has 1 aromatic rings. The molecule has 0 saturated carbocycles. The molecule has 0 aromatic heterocycles. The van der Waals surface area contributed by atoms with Gasteiger partial charge in [-0.3, -0.25) is 0 Å². The van der Waals surface area contributed by atoms with Gasteiger partial charge >= 0.3 is 0 Å². The van der Waals surface area contributed by atoms with Gasteiger partial charge in [-0.1, -0.05) is 11.6 Å². The summed E-state index contributed by atoms with van der Waals surface area (Å²) < 4.78 is 29.7. The van der Waals surface area contributed by atoms with E-state index >= 15 is 0 Å². The van der Waals surface area contributed by atoms with Crippen LogP contribution in [0.15, 0.2) is 18.2 Å². The van der Waals surface area contributed by atoms with Crippen LogP contribution in [-0.4, -0.2) is 26.9 Å². The lowest BCUT2D eigenvalue weighted by molar-refractivity contribution is 0.0983. The van der Waals surface area contributed by atoms with E-state index in [1.165, 1.54) is 0 Å². The van der Waals surface area contributed by atoms with Gasteiger partial charge in [-0.05, 0) is 36.6 Å². The molecule has 0 amide bonds. The van der Waals surface area contributed by atoms with Crippen LogP contribution in [0, 0.1) is 0 Å². The molecule has 1 heterocycles. The van der Waals surface area contributed by atoms with E-state index in [4.69, 9.17) is 22.1 Å². The molecule has 2 rings (SSSR count). The van der Waals surface area contributed by atoms with Gasteiger partial charge in [-0.15, -0.1) is 0 Å². The van der Waals surface area contributed by atoms with Crippen molar-refractivity contribution in [2.75, 3.05) is 18.9 Å². The highest BCUT2D eigenvalue weighted by molar-refractivity contribution is 7.91. The molecule has 1 saturated heterocycles. The Morgan fingerprint density at radius 3 is 2.67 bits per heavy atom. The Kier molecular flexibility index (Phi) is 4.14. The highest BCUT2D eigenvalue weighted by atomic mass is 35.5. The first-order valence-corrected chi connectivity index (χ1v) is 7.91. The molecule has 0 aliphatic carbocycles. The van der Waals surface area contributed by atoms with Gasteiger partial charge in [0, 0.05) is 23.9 Å². The highest BCUT2D eigenvalue weighted by Gasteiger charge is 2.28. The normalized spacial score (nSPS) is 17.8. The second kappa shape index (κ2) is 5.47. The van der Waals surface area contributed by atoms with Crippen LogP contribution in [0.4, 0.5) is 5.69 Å². The number of sulfone groups is 1. The van der Waals surface area contributed by atoms with Crippen molar-refractivity contribution >= 4 is 27.1 Å². The molecular formula is C12H16ClNO3S. The summed E-state index contributed by atoms with van der Waals surface area (Å²) in [5.41, 5.74) is 6.82. The molecule has 1 aliphatic heterocycles. The molecule has 18 heavy (non-hydrogen) atoms. The zero-order valence-electron chi connectivity index (χ0n) is 9.93. The van der Waals surface area contributed by atoms with Crippen LogP contribution in [-0.2, 0) is 20.3 Å². The van der Waals surface area contributed by atoms with Crippen LogP contribution >= 0.6 is 11.6 Å². The van der Waals surface area contributed by atoms with Crippen LogP contribution in [0.2, 0.25) is 5.02 Å². The van der Waals surface area contributed by atoms with Gasteiger partial charge in [0.1, 0.15) is 0 Å². The van der Waals surface area contributed by atoms with Crippen LogP contribution in [0.5, 0.6) is 0 Å². The largest absolute Gasteiger partial charge is 0.398 e. The molecule has 0 atom stereocenters. The molecule has 0 bridgehead atoms. The topological polar surface area (TPSA) is 69.4 Å². The number of halogens is 1. The lowest BCUT2D eigenvalue weighted by Crippen LogP contribution is -2.30. The first-order valence-electron chi connectivity index (χ1n) is 5.82. The van der Waals surface area contributed by atoms with Crippen LogP contribution in [0.1, 0.15) is 18.4 Å². The molecule has 1 fully saturated rings. The second-order valence-electron chi connectivity index (χ2n) is 4.46. The average molecular weight is 290 g/mol. The van der Waals surface area contributed by atoms with E-state index < -0.39 is 9.84 Å². The van der Waals surface area contributed by atoms with Crippen molar-refractivity contribution < 1.29 is 13.2 Å². The minimum absolute atomic E-state index is 0.0515. The fourth-order valence-electron chi connectivity index (χ4n) is 2.07. The van der Waals surface area contributed by atoms with Crippen molar-refractivity contribution in [1.82, 2.24) is 0 Å². The van der Waals surface area contributed by atoms with E-state index in [1.54, 1.807) is 18.2 Å². The Hall–Kier alpha value is -0.780. The number of nitrogen functional groups attached to an aromatic ring is 1. The number of benzene rings is 1. The molecule has 0 unspecified atom stereocenters. The molecule has 1 aromatic carbocycles. The summed E-state index contributed by atoms with van der Waals surface area (Å²) in [5.74, 6) is -0.0515. The Labute approximate surface area is 112 Å². The van der Waals surface area contributed by atoms with Gasteiger partial charge in [0.15, 0.2) is 9.84 Å². The summed E-state index contributed by atoms with van der Waals surface area (Å²) in [7, 11) is -3.19. The summed E-state index contributed by atoms with van der Waals surface area (Å²) in [4.78, 5) is 0. The minimum atomic E-state index is -3.19. The average Bonchev–Trinajstić information content (AvgIpc) is 2.35. The maximum Gasteiger partial charge on any atom is 0.157 e.